The molecule has 0 saturated carbocycles. The highest BCUT2D eigenvalue weighted by Crippen LogP contribution is 2.16. The molecule has 2 rings (SSSR count). The van der Waals surface area contributed by atoms with Crippen molar-refractivity contribution in [3.63, 3.8) is 0 Å². The van der Waals surface area contributed by atoms with Crippen LogP contribution in [0.2, 0.25) is 0 Å². The van der Waals surface area contributed by atoms with E-state index in [1.165, 1.54) is 0 Å². The van der Waals surface area contributed by atoms with Gasteiger partial charge in [-0.15, -0.1) is 0 Å². The van der Waals surface area contributed by atoms with Gasteiger partial charge in [0.15, 0.2) is 0 Å². The molecule has 0 amide bonds. The highest BCUT2D eigenvalue weighted by molar-refractivity contribution is 5.80. The normalized spacial score (nSPS) is 14.4. The molecule has 0 atom stereocenters. The summed E-state index contributed by atoms with van der Waals surface area (Å²) in [7, 11) is 0. The van der Waals surface area contributed by atoms with Crippen LogP contribution < -0.4 is 4.90 Å². The lowest BCUT2D eigenvalue weighted by Gasteiger charge is -2.13. The van der Waals surface area contributed by atoms with Crippen molar-refractivity contribution in [3.8, 4) is 0 Å². The fraction of sp³-hybridized carbons (Fsp3) is 0.333. The number of benzene rings is 1. The van der Waals surface area contributed by atoms with Crippen LogP contribution in [0.1, 0.15) is 12.0 Å². The maximum absolute atomic E-state index is 10.4. The van der Waals surface area contributed by atoms with Gasteiger partial charge >= 0.3 is 5.97 Å². The molecular formula is C12H14N2O2. The molecule has 4 heteroatoms. The average molecular weight is 218 g/mol. The van der Waals surface area contributed by atoms with E-state index in [0.29, 0.717) is 6.42 Å². The zero-order chi connectivity index (χ0) is 11.4. The van der Waals surface area contributed by atoms with Gasteiger partial charge in [-0.05, 0) is 24.1 Å². The van der Waals surface area contributed by atoms with Crippen LogP contribution in [0.4, 0.5) is 5.69 Å². The Balaban J connectivity index is 1.98. The minimum atomic E-state index is -0.754. The molecular weight excluding hydrogens is 204 g/mol. The summed E-state index contributed by atoms with van der Waals surface area (Å²) in [4.78, 5) is 16.7. The molecule has 1 aliphatic heterocycles. The number of hydrogen-bond acceptors (Lipinski definition) is 3. The average Bonchev–Trinajstić information content (AvgIpc) is 2.80. The number of carboxylic acids is 1. The Morgan fingerprint density at radius 1 is 1.38 bits per heavy atom. The van der Waals surface area contributed by atoms with E-state index in [1.54, 1.807) is 0 Å². The molecule has 16 heavy (non-hydrogen) atoms. The van der Waals surface area contributed by atoms with Gasteiger partial charge in [0.25, 0.3) is 0 Å². The highest BCUT2D eigenvalue weighted by Gasteiger charge is 2.07. The summed E-state index contributed by atoms with van der Waals surface area (Å²) < 4.78 is 0. The third-order valence-corrected chi connectivity index (χ3v) is 2.59. The van der Waals surface area contributed by atoms with Crippen molar-refractivity contribution in [2.45, 2.75) is 12.8 Å². The third-order valence-electron chi connectivity index (χ3n) is 2.59. The Bertz CT molecular complexity index is 398. The largest absolute Gasteiger partial charge is 0.481 e. The van der Waals surface area contributed by atoms with Crippen LogP contribution >= 0.6 is 0 Å². The van der Waals surface area contributed by atoms with Crippen LogP contribution in [0.3, 0.4) is 0 Å². The van der Waals surface area contributed by atoms with E-state index in [2.05, 4.69) is 9.89 Å². The summed E-state index contributed by atoms with van der Waals surface area (Å²) in [5, 5.41) is 8.58. The second kappa shape index (κ2) is 4.79. The van der Waals surface area contributed by atoms with Crippen LogP contribution in [-0.4, -0.2) is 30.5 Å². The lowest BCUT2D eigenvalue weighted by Crippen LogP contribution is -2.17. The van der Waals surface area contributed by atoms with E-state index in [4.69, 9.17) is 5.11 Å². The van der Waals surface area contributed by atoms with Crippen molar-refractivity contribution in [3.05, 3.63) is 29.8 Å². The molecule has 0 saturated heterocycles. The third kappa shape index (κ3) is 2.59. The van der Waals surface area contributed by atoms with E-state index in [-0.39, 0.29) is 6.42 Å². The van der Waals surface area contributed by atoms with E-state index < -0.39 is 5.97 Å². The molecule has 0 fully saturated rings. The molecule has 0 unspecified atom stereocenters. The van der Waals surface area contributed by atoms with Crippen LogP contribution in [0.15, 0.2) is 29.3 Å². The number of aliphatic imine (C=N–C) groups is 1. The Kier molecular flexibility index (Phi) is 3.19. The second-order valence-corrected chi connectivity index (χ2v) is 3.78. The SMILES string of the molecule is O=C(O)CCc1ccc(N2C=NCC2)cc1. The monoisotopic (exact) mass is 218 g/mol. The number of aliphatic carboxylic acids is 1. The Hall–Kier alpha value is -1.84. The van der Waals surface area contributed by atoms with Gasteiger partial charge in [0.05, 0.1) is 12.9 Å². The molecule has 0 spiro atoms. The topological polar surface area (TPSA) is 52.9 Å². The second-order valence-electron chi connectivity index (χ2n) is 3.78. The smallest absolute Gasteiger partial charge is 0.303 e. The summed E-state index contributed by atoms with van der Waals surface area (Å²) in [6.07, 6.45) is 2.61. The Morgan fingerprint density at radius 3 is 2.69 bits per heavy atom. The Labute approximate surface area is 94.2 Å². The lowest BCUT2D eigenvalue weighted by molar-refractivity contribution is -0.136. The quantitative estimate of drug-likeness (QED) is 0.834. The fourth-order valence-electron chi connectivity index (χ4n) is 1.68. The van der Waals surface area contributed by atoms with Crippen LogP contribution in [0.25, 0.3) is 0 Å². The van der Waals surface area contributed by atoms with Crippen LogP contribution in [-0.2, 0) is 11.2 Å². The molecule has 0 aliphatic carbocycles. The molecule has 1 aliphatic rings. The van der Waals surface area contributed by atoms with Gasteiger partial charge in [0.2, 0.25) is 0 Å². The van der Waals surface area contributed by atoms with E-state index in [0.717, 1.165) is 24.3 Å². The van der Waals surface area contributed by atoms with Crippen molar-refractivity contribution >= 4 is 18.0 Å². The van der Waals surface area contributed by atoms with Gasteiger partial charge in [-0.2, -0.15) is 0 Å². The maximum Gasteiger partial charge on any atom is 0.303 e. The predicted molar refractivity (Wildman–Crippen MR) is 63.1 cm³/mol. The zero-order valence-corrected chi connectivity index (χ0v) is 8.97. The van der Waals surface area contributed by atoms with Crippen molar-refractivity contribution in [2.24, 2.45) is 4.99 Å². The molecule has 0 bridgehead atoms. The molecule has 1 heterocycles. The standard InChI is InChI=1S/C12H14N2O2/c15-12(16)6-3-10-1-4-11(5-2-10)14-8-7-13-9-14/h1-2,4-5,9H,3,6-8H2,(H,15,16). The van der Waals surface area contributed by atoms with E-state index in [1.807, 2.05) is 30.6 Å². The predicted octanol–water partition coefficient (Wildman–Crippen LogP) is 1.55. The minimum absolute atomic E-state index is 0.185. The molecule has 0 aromatic heterocycles. The molecule has 1 aromatic carbocycles. The van der Waals surface area contributed by atoms with Gasteiger partial charge in [-0.1, -0.05) is 12.1 Å². The molecule has 1 aromatic rings. The van der Waals surface area contributed by atoms with Gasteiger partial charge in [-0.25, -0.2) is 0 Å². The number of nitrogens with zero attached hydrogens (tertiary/aromatic N) is 2. The van der Waals surface area contributed by atoms with Gasteiger partial charge in [-0.3, -0.25) is 9.79 Å². The maximum atomic E-state index is 10.4. The van der Waals surface area contributed by atoms with Crippen molar-refractivity contribution < 1.29 is 9.90 Å². The van der Waals surface area contributed by atoms with Crippen LogP contribution in [0.5, 0.6) is 0 Å². The minimum Gasteiger partial charge on any atom is -0.481 e. The zero-order valence-electron chi connectivity index (χ0n) is 8.97. The molecule has 1 N–H and O–H groups in total. The number of carboxylic acid groups (broad SMARTS) is 1. The van der Waals surface area contributed by atoms with E-state index in [9.17, 15) is 4.79 Å². The van der Waals surface area contributed by atoms with Crippen LogP contribution in [0, 0.1) is 0 Å². The van der Waals surface area contributed by atoms with Crippen molar-refractivity contribution in [1.29, 1.82) is 0 Å². The highest BCUT2D eigenvalue weighted by atomic mass is 16.4. The summed E-state index contributed by atoms with van der Waals surface area (Å²) >= 11 is 0. The number of carbonyl (C=O) groups is 1. The summed E-state index contributed by atoms with van der Waals surface area (Å²) in [5.41, 5.74) is 2.17. The van der Waals surface area contributed by atoms with Gasteiger partial charge in [0, 0.05) is 18.7 Å². The lowest BCUT2D eigenvalue weighted by atomic mass is 10.1. The molecule has 4 nitrogen and oxygen atoms in total. The number of aryl methyl sites for hydroxylation is 1. The van der Waals surface area contributed by atoms with E-state index >= 15 is 0 Å². The number of rotatable bonds is 4. The van der Waals surface area contributed by atoms with Crippen molar-refractivity contribution in [2.75, 3.05) is 18.0 Å². The summed E-state index contributed by atoms with van der Waals surface area (Å²) in [6, 6.07) is 7.97. The van der Waals surface area contributed by atoms with Crippen molar-refractivity contribution in [1.82, 2.24) is 0 Å². The number of anilines is 1. The van der Waals surface area contributed by atoms with Gasteiger partial charge in [0.1, 0.15) is 0 Å². The first-order valence-electron chi connectivity index (χ1n) is 5.33. The van der Waals surface area contributed by atoms with Gasteiger partial charge < -0.3 is 10.0 Å². The fourth-order valence-corrected chi connectivity index (χ4v) is 1.68. The number of hydrogen-bond donors (Lipinski definition) is 1. The Morgan fingerprint density at radius 2 is 2.12 bits per heavy atom. The molecule has 84 valence electrons. The first-order valence-corrected chi connectivity index (χ1v) is 5.33. The first-order chi connectivity index (χ1) is 7.75. The summed E-state index contributed by atoms with van der Waals surface area (Å²) in [5.74, 6) is -0.754. The summed E-state index contributed by atoms with van der Waals surface area (Å²) in [6.45, 7) is 1.77. The first kappa shape index (κ1) is 10.7. The molecule has 0 radical (unpaired) electrons.